The van der Waals surface area contributed by atoms with Crippen LogP contribution < -0.4 is 15.4 Å². The molecule has 1 aliphatic rings. The molecule has 0 spiro atoms. The third-order valence-corrected chi connectivity index (χ3v) is 4.89. The van der Waals surface area contributed by atoms with Gasteiger partial charge in [0.1, 0.15) is 12.4 Å². The van der Waals surface area contributed by atoms with Crippen LogP contribution in [-0.2, 0) is 4.79 Å². The number of rotatable bonds is 8. The van der Waals surface area contributed by atoms with Crippen molar-refractivity contribution in [2.75, 3.05) is 26.2 Å². The number of halogens is 1. The van der Waals surface area contributed by atoms with Gasteiger partial charge in [0.15, 0.2) is 0 Å². The van der Waals surface area contributed by atoms with Gasteiger partial charge >= 0.3 is 0 Å². The lowest BCUT2D eigenvalue weighted by Gasteiger charge is -2.28. The fourth-order valence-corrected chi connectivity index (χ4v) is 3.20. The van der Waals surface area contributed by atoms with E-state index in [9.17, 15) is 4.79 Å². The van der Waals surface area contributed by atoms with Gasteiger partial charge in [-0.2, -0.15) is 0 Å². The number of hydrogen-bond donors (Lipinski definition) is 2. The van der Waals surface area contributed by atoms with E-state index < -0.39 is 0 Å². The minimum absolute atomic E-state index is 0. The molecule has 5 heteroatoms. The molecule has 0 saturated carbocycles. The van der Waals surface area contributed by atoms with E-state index in [0.717, 1.165) is 18.8 Å². The maximum atomic E-state index is 12.0. The lowest BCUT2D eigenvalue weighted by atomic mass is 9.85. The van der Waals surface area contributed by atoms with E-state index in [2.05, 4.69) is 43.5 Å². The summed E-state index contributed by atoms with van der Waals surface area (Å²) in [7, 11) is 0. The van der Waals surface area contributed by atoms with Crippen molar-refractivity contribution in [1.29, 1.82) is 0 Å². The van der Waals surface area contributed by atoms with Crippen LogP contribution in [0.2, 0.25) is 0 Å². The van der Waals surface area contributed by atoms with Gasteiger partial charge in [0.25, 0.3) is 0 Å². The molecule has 1 heterocycles. The zero-order valence-corrected chi connectivity index (χ0v) is 16.5. The van der Waals surface area contributed by atoms with Crippen LogP contribution in [0.15, 0.2) is 24.3 Å². The molecular formula is C20H33ClN2O2. The predicted molar refractivity (Wildman–Crippen MR) is 106 cm³/mol. The molecule has 1 fully saturated rings. The van der Waals surface area contributed by atoms with Gasteiger partial charge in [0.05, 0.1) is 6.54 Å². The Morgan fingerprint density at radius 3 is 2.60 bits per heavy atom. The molecule has 1 aromatic rings. The van der Waals surface area contributed by atoms with Crippen LogP contribution in [0.4, 0.5) is 0 Å². The van der Waals surface area contributed by atoms with Crippen molar-refractivity contribution in [1.82, 2.24) is 10.6 Å². The second-order valence-electron chi connectivity index (χ2n) is 7.21. The van der Waals surface area contributed by atoms with Crippen LogP contribution >= 0.6 is 12.4 Å². The summed E-state index contributed by atoms with van der Waals surface area (Å²) >= 11 is 0. The number of ether oxygens (including phenoxy) is 1. The molecule has 2 unspecified atom stereocenters. The first-order valence-corrected chi connectivity index (χ1v) is 9.26. The van der Waals surface area contributed by atoms with E-state index in [1.807, 2.05) is 12.1 Å². The molecule has 2 rings (SSSR count). The number of carbonyl (C=O) groups is 1. The first-order valence-electron chi connectivity index (χ1n) is 9.26. The number of amides is 1. The van der Waals surface area contributed by atoms with E-state index in [1.54, 1.807) is 0 Å². The Morgan fingerprint density at radius 1 is 1.28 bits per heavy atom. The van der Waals surface area contributed by atoms with E-state index in [0.29, 0.717) is 37.3 Å². The van der Waals surface area contributed by atoms with Crippen molar-refractivity contribution in [2.45, 2.75) is 46.0 Å². The second kappa shape index (κ2) is 11.4. The monoisotopic (exact) mass is 368 g/mol. The highest BCUT2D eigenvalue weighted by Gasteiger charge is 2.21. The van der Waals surface area contributed by atoms with E-state index >= 15 is 0 Å². The van der Waals surface area contributed by atoms with Crippen molar-refractivity contribution in [3.05, 3.63) is 29.8 Å². The highest BCUT2D eigenvalue weighted by atomic mass is 35.5. The number of piperidine rings is 1. The molecule has 2 N–H and O–H groups in total. The van der Waals surface area contributed by atoms with Crippen molar-refractivity contribution in [2.24, 2.45) is 11.8 Å². The van der Waals surface area contributed by atoms with Gasteiger partial charge in [-0.3, -0.25) is 4.79 Å². The molecule has 0 bridgehead atoms. The van der Waals surface area contributed by atoms with E-state index in [4.69, 9.17) is 4.74 Å². The largest absolute Gasteiger partial charge is 0.492 e. The minimum atomic E-state index is 0. The Bertz CT molecular complexity index is 499. The fourth-order valence-electron chi connectivity index (χ4n) is 3.20. The van der Waals surface area contributed by atoms with Crippen LogP contribution in [0.1, 0.15) is 51.5 Å². The average molecular weight is 369 g/mol. The van der Waals surface area contributed by atoms with Gasteiger partial charge in [-0.25, -0.2) is 0 Å². The van der Waals surface area contributed by atoms with E-state index in [1.165, 1.54) is 18.4 Å². The maximum absolute atomic E-state index is 12.0. The van der Waals surface area contributed by atoms with Gasteiger partial charge in [-0.15, -0.1) is 12.4 Å². The van der Waals surface area contributed by atoms with Crippen LogP contribution in [0, 0.1) is 11.8 Å². The number of hydrogen-bond acceptors (Lipinski definition) is 3. The highest BCUT2D eigenvalue weighted by Crippen LogP contribution is 2.22. The zero-order chi connectivity index (χ0) is 17.4. The molecule has 142 valence electrons. The topological polar surface area (TPSA) is 50.4 Å². The van der Waals surface area contributed by atoms with Crippen molar-refractivity contribution in [3.63, 3.8) is 0 Å². The molecular weight excluding hydrogens is 336 g/mol. The zero-order valence-electron chi connectivity index (χ0n) is 15.7. The van der Waals surface area contributed by atoms with Gasteiger partial charge < -0.3 is 15.4 Å². The third-order valence-electron chi connectivity index (χ3n) is 4.89. The van der Waals surface area contributed by atoms with Gasteiger partial charge in [-0.05, 0) is 61.4 Å². The molecule has 1 saturated heterocycles. The average Bonchev–Trinajstić information content (AvgIpc) is 2.60. The smallest absolute Gasteiger partial charge is 0.220 e. The van der Waals surface area contributed by atoms with Gasteiger partial charge in [-0.1, -0.05) is 32.9 Å². The summed E-state index contributed by atoms with van der Waals surface area (Å²) in [5.74, 6) is 2.57. The van der Waals surface area contributed by atoms with Crippen molar-refractivity contribution in [3.8, 4) is 5.75 Å². The minimum Gasteiger partial charge on any atom is -0.492 e. The Morgan fingerprint density at radius 2 is 2.00 bits per heavy atom. The predicted octanol–water partition coefficient (Wildman–Crippen LogP) is 3.75. The lowest BCUT2D eigenvalue weighted by molar-refractivity contribution is -0.122. The lowest BCUT2D eigenvalue weighted by Crippen LogP contribution is -2.36. The van der Waals surface area contributed by atoms with Gasteiger partial charge in [0.2, 0.25) is 5.91 Å². The fraction of sp³-hybridized carbons (Fsp3) is 0.650. The molecule has 2 atom stereocenters. The molecule has 1 aliphatic heterocycles. The second-order valence-corrected chi connectivity index (χ2v) is 7.21. The summed E-state index contributed by atoms with van der Waals surface area (Å²) in [6.07, 6.45) is 3.06. The molecule has 1 amide bonds. The Kier molecular flexibility index (Phi) is 9.91. The first kappa shape index (κ1) is 21.8. The quantitative estimate of drug-likeness (QED) is 0.687. The normalized spacial score (nSPS) is 18.3. The SMILES string of the molecule is CC(C)c1ccc(OCCNC(=O)CC(C)C2CCCNC2)cc1.Cl. The summed E-state index contributed by atoms with van der Waals surface area (Å²) in [5.41, 5.74) is 1.31. The molecule has 4 nitrogen and oxygen atoms in total. The molecule has 0 aliphatic carbocycles. The van der Waals surface area contributed by atoms with Crippen LogP contribution in [0.25, 0.3) is 0 Å². The van der Waals surface area contributed by atoms with Crippen LogP contribution in [0.3, 0.4) is 0 Å². The third kappa shape index (κ3) is 7.66. The molecule has 25 heavy (non-hydrogen) atoms. The summed E-state index contributed by atoms with van der Waals surface area (Å²) in [5, 5.41) is 6.39. The number of nitrogens with one attached hydrogen (secondary N) is 2. The van der Waals surface area contributed by atoms with Gasteiger partial charge in [0, 0.05) is 6.42 Å². The Hall–Kier alpha value is -1.26. The summed E-state index contributed by atoms with van der Waals surface area (Å²) in [4.78, 5) is 12.0. The summed E-state index contributed by atoms with van der Waals surface area (Å²) < 4.78 is 5.69. The molecule has 0 aromatic heterocycles. The van der Waals surface area contributed by atoms with Crippen molar-refractivity contribution >= 4 is 18.3 Å². The standard InChI is InChI=1S/C20H32N2O2.ClH/c1-15(2)17-6-8-19(9-7-17)24-12-11-22-20(23)13-16(3)18-5-4-10-21-14-18;/h6-9,15-16,18,21H,4-5,10-14H2,1-3H3,(H,22,23);1H. The Labute approximate surface area is 158 Å². The number of carbonyl (C=O) groups excluding carboxylic acids is 1. The van der Waals surface area contributed by atoms with Crippen LogP contribution in [0.5, 0.6) is 5.75 Å². The van der Waals surface area contributed by atoms with Crippen LogP contribution in [-0.4, -0.2) is 32.1 Å². The van der Waals surface area contributed by atoms with Crippen molar-refractivity contribution < 1.29 is 9.53 Å². The molecule has 0 radical (unpaired) electrons. The molecule has 1 aromatic carbocycles. The first-order chi connectivity index (χ1) is 11.6. The summed E-state index contributed by atoms with van der Waals surface area (Å²) in [6.45, 7) is 9.76. The summed E-state index contributed by atoms with van der Waals surface area (Å²) in [6, 6.07) is 8.18. The number of benzene rings is 1. The van der Waals surface area contributed by atoms with E-state index in [-0.39, 0.29) is 18.3 Å². The highest BCUT2D eigenvalue weighted by molar-refractivity contribution is 5.85. The Balaban J connectivity index is 0.00000312. The maximum Gasteiger partial charge on any atom is 0.220 e.